The average molecular weight is 518 g/mol. The van der Waals surface area contributed by atoms with Crippen LogP contribution in [0.1, 0.15) is 15.9 Å². The molecule has 0 spiro atoms. The van der Waals surface area contributed by atoms with Crippen molar-refractivity contribution in [3.8, 4) is 5.75 Å². The van der Waals surface area contributed by atoms with Crippen LogP contribution in [0.25, 0.3) is 10.2 Å². The van der Waals surface area contributed by atoms with Crippen molar-refractivity contribution in [3.63, 3.8) is 0 Å². The number of hydrogen-bond acceptors (Lipinski definition) is 6. The van der Waals surface area contributed by atoms with Crippen molar-refractivity contribution in [1.29, 1.82) is 0 Å². The summed E-state index contributed by atoms with van der Waals surface area (Å²) in [6, 6.07) is 16.6. The fraction of sp³-hybridized carbons (Fsp3) is 0.125. The molecular weight excluding hydrogens is 499 g/mol. The number of halogens is 3. The molecule has 0 aliphatic rings. The molecule has 0 saturated heterocycles. The summed E-state index contributed by atoms with van der Waals surface area (Å²) < 4.78 is 45.1. The lowest BCUT2D eigenvalue weighted by Crippen LogP contribution is -2.14. The van der Waals surface area contributed by atoms with E-state index < -0.39 is 17.6 Å². The van der Waals surface area contributed by atoms with Crippen LogP contribution in [0.5, 0.6) is 5.75 Å². The second-order valence-electron chi connectivity index (χ2n) is 7.26. The molecule has 4 rings (SSSR count). The Morgan fingerprint density at radius 1 is 1.00 bits per heavy atom. The Bertz CT molecular complexity index is 1390. The number of nitrogens with zero attached hydrogens (tertiary/aromatic N) is 1. The van der Waals surface area contributed by atoms with E-state index in [1.54, 1.807) is 42.5 Å². The second-order valence-corrected chi connectivity index (χ2v) is 9.52. The van der Waals surface area contributed by atoms with Gasteiger partial charge >= 0.3 is 6.18 Å². The SMILES string of the molecule is COc1cccc(C(=O)Nc2ccc3nc(SCC(=O)Nc4cccc(C(F)(F)F)c4)sc3c2)c1. The lowest BCUT2D eigenvalue weighted by Gasteiger charge is -2.09. The molecule has 1 aromatic heterocycles. The smallest absolute Gasteiger partial charge is 0.416 e. The summed E-state index contributed by atoms with van der Waals surface area (Å²) in [7, 11) is 1.53. The number of alkyl halides is 3. The van der Waals surface area contributed by atoms with Crippen LogP contribution >= 0.6 is 23.1 Å². The third-order valence-electron chi connectivity index (χ3n) is 4.76. The Kier molecular flexibility index (Phi) is 7.27. The van der Waals surface area contributed by atoms with Crippen molar-refractivity contribution in [1.82, 2.24) is 4.98 Å². The Balaban J connectivity index is 1.37. The van der Waals surface area contributed by atoms with Gasteiger partial charge in [-0.15, -0.1) is 11.3 Å². The van der Waals surface area contributed by atoms with Gasteiger partial charge < -0.3 is 15.4 Å². The molecule has 0 bridgehead atoms. The van der Waals surface area contributed by atoms with Crippen LogP contribution in [0, 0.1) is 0 Å². The normalized spacial score (nSPS) is 11.3. The minimum atomic E-state index is -4.48. The molecule has 2 N–H and O–H groups in total. The van der Waals surface area contributed by atoms with Crippen molar-refractivity contribution >= 4 is 56.5 Å². The molecule has 4 aromatic rings. The summed E-state index contributed by atoms with van der Waals surface area (Å²) >= 11 is 2.52. The predicted octanol–water partition coefficient (Wildman–Crippen LogP) is 6.31. The van der Waals surface area contributed by atoms with Gasteiger partial charge in [0.05, 0.1) is 28.6 Å². The highest BCUT2D eigenvalue weighted by Gasteiger charge is 2.30. The fourth-order valence-electron chi connectivity index (χ4n) is 3.11. The summed E-state index contributed by atoms with van der Waals surface area (Å²) in [6.07, 6.45) is -4.48. The Labute approximate surface area is 206 Å². The van der Waals surface area contributed by atoms with Crippen LogP contribution in [0.15, 0.2) is 71.1 Å². The first kappa shape index (κ1) is 24.6. The zero-order chi connectivity index (χ0) is 25.0. The molecule has 0 saturated carbocycles. The van der Waals surface area contributed by atoms with E-state index in [1.165, 1.54) is 42.3 Å². The van der Waals surface area contributed by atoms with Crippen LogP contribution < -0.4 is 15.4 Å². The molecule has 11 heteroatoms. The van der Waals surface area contributed by atoms with E-state index in [0.29, 0.717) is 26.9 Å². The number of aromatic nitrogens is 1. The fourth-order valence-corrected chi connectivity index (χ4v) is 5.02. The summed E-state index contributed by atoms with van der Waals surface area (Å²) in [6.45, 7) is 0. The lowest BCUT2D eigenvalue weighted by molar-refractivity contribution is -0.137. The molecule has 0 radical (unpaired) electrons. The van der Waals surface area contributed by atoms with Crippen LogP contribution in [0.2, 0.25) is 0 Å². The maximum Gasteiger partial charge on any atom is 0.416 e. The lowest BCUT2D eigenvalue weighted by atomic mass is 10.2. The number of thioether (sulfide) groups is 1. The van der Waals surface area contributed by atoms with Crippen molar-refractivity contribution < 1.29 is 27.5 Å². The number of nitrogens with one attached hydrogen (secondary N) is 2. The first-order chi connectivity index (χ1) is 16.7. The van der Waals surface area contributed by atoms with E-state index in [9.17, 15) is 22.8 Å². The first-order valence-electron chi connectivity index (χ1n) is 10.2. The van der Waals surface area contributed by atoms with Crippen LogP contribution in [-0.4, -0.2) is 29.7 Å². The number of ether oxygens (including phenoxy) is 1. The number of anilines is 2. The molecule has 35 heavy (non-hydrogen) atoms. The highest BCUT2D eigenvalue weighted by Crippen LogP contribution is 2.32. The van der Waals surface area contributed by atoms with Crippen molar-refractivity contribution in [2.24, 2.45) is 0 Å². The first-order valence-corrected chi connectivity index (χ1v) is 12.0. The average Bonchev–Trinajstić information content (AvgIpc) is 3.24. The number of fused-ring (bicyclic) bond motifs is 1. The van der Waals surface area contributed by atoms with E-state index in [1.807, 2.05) is 0 Å². The van der Waals surface area contributed by atoms with Crippen LogP contribution in [0.3, 0.4) is 0 Å². The van der Waals surface area contributed by atoms with Crippen LogP contribution in [-0.2, 0) is 11.0 Å². The van der Waals surface area contributed by atoms with Gasteiger partial charge in [-0.2, -0.15) is 13.2 Å². The number of carbonyl (C=O) groups excluding carboxylic acids is 2. The second kappa shape index (κ2) is 10.4. The van der Waals surface area contributed by atoms with Gasteiger partial charge in [0.1, 0.15) is 5.75 Å². The molecule has 1 heterocycles. The number of methoxy groups -OCH3 is 1. The van der Waals surface area contributed by atoms with Gasteiger partial charge in [0.25, 0.3) is 5.91 Å². The molecule has 0 unspecified atom stereocenters. The zero-order valence-corrected chi connectivity index (χ0v) is 19.8. The molecule has 0 aliphatic carbocycles. The van der Waals surface area contributed by atoms with Gasteiger partial charge in [-0.05, 0) is 54.6 Å². The number of thiazole rings is 1. The molecule has 0 atom stereocenters. The van der Waals surface area contributed by atoms with Gasteiger partial charge in [0.2, 0.25) is 5.91 Å². The molecule has 0 aliphatic heterocycles. The van der Waals surface area contributed by atoms with E-state index in [-0.39, 0.29) is 17.3 Å². The molecule has 180 valence electrons. The number of rotatable bonds is 7. The van der Waals surface area contributed by atoms with E-state index in [2.05, 4.69) is 15.6 Å². The standard InChI is InChI=1S/C24H18F3N3O3S2/c1-33-18-7-2-4-14(10-18)22(32)29-17-8-9-19-20(12-17)35-23(30-19)34-13-21(31)28-16-6-3-5-15(11-16)24(25,26)27/h2-12H,13H2,1H3,(H,28,31)(H,29,32). The van der Waals surface area contributed by atoms with Gasteiger partial charge in [0.15, 0.2) is 4.34 Å². The Morgan fingerprint density at radius 2 is 1.77 bits per heavy atom. The minimum absolute atomic E-state index is 0.0184. The van der Waals surface area contributed by atoms with Gasteiger partial charge in [-0.25, -0.2) is 4.98 Å². The van der Waals surface area contributed by atoms with Crippen molar-refractivity contribution in [2.45, 2.75) is 10.5 Å². The van der Waals surface area contributed by atoms with E-state index in [0.717, 1.165) is 16.8 Å². The highest BCUT2D eigenvalue weighted by molar-refractivity contribution is 8.01. The zero-order valence-electron chi connectivity index (χ0n) is 18.2. The monoisotopic (exact) mass is 517 g/mol. The molecule has 2 amide bonds. The molecule has 0 fully saturated rings. The van der Waals surface area contributed by atoms with E-state index in [4.69, 9.17) is 4.74 Å². The third-order valence-corrected chi connectivity index (χ3v) is 6.92. The summed E-state index contributed by atoms with van der Waals surface area (Å²) in [5.74, 6) is -0.169. The maximum absolute atomic E-state index is 12.8. The Morgan fingerprint density at radius 3 is 2.54 bits per heavy atom. The number of benzene rings is 3. The molecule has 6 nitrogen and oxygen atoms in total. The highest BCUT2D eigenvalue weighted by atomic mass is 32.2. The Hall–Kier alpha value is -3.57. The van der Waals surface area contributed by atoms with Crippen molar-refractivity contribution in [3.05, 3.63) is 77.9 Å². The number of hydrogen-bond donors (Lipinski definition) is 2. The van der Waals surface area contributed by atoms with Gasteiger partial charge in [-0.3, -0.25) is 9.59 Å². The molecule has 3 aromatic carbocycles. The summed E-state index contributed by atoms with van der Waals surface area (Å²) in [5, 5.41) is 5.31. The maximum atomic E-state index is 12.8. The number of amides is 2. The topological polar surface area (TPSA) is 80.3 Å². The quantitative estimate of drug-likeness (QED) is 0.281. The number of carbonyl (C=O) groups is 2. The predicted molar refractivity (Wildman–Crippen MR) is 131 cm³/mol. The van der Waals surface area contributed by atoms with Gasteiger partial charge in [-0.1, -0.05) is 23.9 Å². The third kappa shape index (κ3) is 6.31. The summed E-state index contributed by atoms with van der Waals surface area (Å²) in [4.78, 5) is 29.2. The van der Waals surface area contributed by atoms with Crippen molar-refractivity contribution in [2.75, 3.05) is 23.5 Å². The van der Waals surface area contributed by atoms with E-state index >= 15 is 0 Å². The summed E-state index contributed by atoms with van der Waals surface area (Å²) in [5.41, 5.74) is 0.995. The van der Waals surface area contributed by atoms with Crippen LogP contribution in [0.4, 0.5) is 24.5 Å². The largest absolute Gasteiger partial charge is 0.497 e. The molecular formula is C24H18F3N3O3S2. The minimum Gasteiger partial charge on any atom is -0.497 e. The van der Waals surface area contributed by atoms with Gasteiger partial charge in [0, 0.05) is 16.9 Å².